The molecule has 0 rings (SSSR count). The summed E-state index contributed by atoms with van der Waals surface area (Å²) in [5.41, 5.74) is 0. The van der Waals surface area contributed by atoms with Gasteiger partial charge in [-0.1, -0.05) is 79.1 Å². The minimum Gasteiger partial charge on any atom is -0.481 e. The molecule has 0 radical (unpaired) electrons. The maximum atomic E-state index is 9.00. The van der Waals surface area contributed by atoms with Crippen LogP contribution in [0.25, 0.3) is 0 Å². The van der Waals surface area contributed by atoms with Gasteiger partial charge in [-0.3, -0.25) is 4.79 Å². The lowest BCUT2D eigenvalue weighted by Crippen LogP contribution is -1.78. The Morgan fingerprint density at radius 2 is 0.842 bits per heavy atom. The van der Waals surface area contributed by atoms with Gasteiger partial charge in [-0.2, -0.15) is 0 Å². The van der Waals surface area contributed by atoms with Crippen molar-refractivity contribution < 1.29 is 20.5 Å². The van der Waals surface area contributed by atoms with Crippen molar-refractivity contribution in [1.82, 2.24) is 0 Å². The monoisotopic (exact) mass is 282 g/mol. The summed E-state index contributed by atoms with van der Waals surface area (Å²) >= 11 is 0. The van der Waals surface area contributed by atoms with Gasteiger partial charge < -0.3 is 15.7 Å². The molecule has 4 N–H and O–H groups in total. The Morgan fingerprint density at radius 1 is 0.737 bits per heavy atom. The number of aliphatic carboxylic acids is 1. The Kier molecular flexibility index (Phi) is 70.6. The molecule has 0 atom stereocenters. The molecule has 0 aliphatic rings. The van der Waals surface area contributed by atoms with Gasteiger partial charge in [0, 0.05) is 14.0 Å². The molecule has 0 bridgehead atoms. The molecule has 0 aliphatic carbocycles. The first-order valence-corrected chi connectivity index (χ1v) is 7.20. The maximum Gasteiger partial charge on any atom is 0.300 e. The highest BCUT2D eigenvalue weighted by Gasteiger charge is 1.75. The second-order valence-electron chi connectivity index (χ2n) is 3.93. The predicted octanol–water partition coefficient (Wildman–Crippen LogP) is 4.05. The molecule has 122 valence electrons. The van der Waals surface area contributed by atoms with Crippen LogP contribution in [0.4, 0.5) is 0 Å². The van der Waals surface area contributed by atoms with E-state index in [1.807, 2.05) is 0 Å². The highest BCUT2D eigenvalue weighted by molar-refractivity contribution is 5.62. The van der Waals surface area contributed by atoms with Crippen molar-refractivity contribution in [2.45, 2.75) is 86.0 Å². The largest absolute Gasteiger partial charge is 0.481 e. The highest BCUT2D eigenvalue weighted by atomic mass is 16.4. The number of carboxylic acids is 1. The fourth-order valence-corrected chi connectivity index (χ4v) is 1.000. The molecule has 0 aromatic rings. The fourth-order valence-electron chi connectivity index (χ4n) is 1.000. The topological polar surface area (TPSA) is 89.0 Å². The van der Waals surface area contributed by atoms with Crippen molar-refractivity contribution in [1.29, 1.82) is 0 Å². The maximum absolute atomic E-state index is 9.00. The van der Waals surface area contributed by atoms with Crippen molar-refractivity contribution in [3.63, 3.8) is 0 Å². The summed E-state index contributed by atoms with van der Waals surface area (Å²) in [6, 6.07) is 0. The molecule has 19 heavy (non-hydrogen) atoms. The number of aliphatic hydroxyl groups excluding tert-OH is 1. The number of unbranched alkanes of at least 4 members (excludes halogenated alkanes) is 6. The quantitative estimate of drug-likeness (QED) is 0.720. The molecular formula is C15H38O4. The number of hydrogen-bond acceptors (Lipinski definition) is 2. The van der Waals surface area contributed by atoms with Crippen LogP contribution in [0, 0.1) is 0 Å². The van der Waals surface area contributed by atoms with Crippen LogP contribution in [0.15, 0.2) is 0 Å². The second-order valence-corrected chi connectivity index (χ2v) is 3.93. The number of carbonyl (C=O) groups is 1. The molecule has 0 spiro atoms. The lowest BCUT2D eigenvalue weighted by molar-refractivity contribution is -0.134. The summed E-state index contributed by atoms with van der Waals surface area (Å²) in [5, 5.41) is 14.4. The first kappa shape index (κ1) is 31.0. The van der Waals surface area contributed by atoms with Gasteiger partial charge in [-0.15, -0.1) is 0 Å². The van der Waals surface area contributed by atoms with Crippen molar-refractivity contribution in [3.8, 4) is 0 Å². The Balaban J connectivity index is -0.0000000480. The summed E-state index contributed by atoms with van der Waals surface area (Å²) in [5.74, 6) is -0.833. The molecule has 4 nitrogen and oxygen atoms in total. The van der Waals surface area contributed by atoms with Gasteiger partial charge in [-0.25, -0.2) is 0 Å². The average molecular weight is 282 g/mol. The Hall–Kier alpha value is -0.610. The van der Waals surface area contributed by atoms with E-state index < -0.39 is 5.97 Å². The standard InChI is InChI=1S/2C6H14.C2H4O2.CH4O.H2O/c2*1-3-5-6-4-2;1-2(3)4;1-2;/h2*3-6H2,1-2H3;1H3,(H,3,4);2H,1H3;1H2. The number of carboxylic acid groups (broad SMARTS) is 1. The predicted molar refractivity (Wildman–Crippen MR) is 84.7 cm³/mol. The van der Waals surface area contributed by atoms with Gasteiger partial charge >= 0.3 is 0 Å². The SMILES string of the molecule is CC(=O)O.CCCCCC.CCCCCC.CO.O. The normalized spacial score (nSPS) is 7.32. The van der Waals surface area contributed by atoms with Gasteiger partial charge in [0.15, 0.2) is 0 Å². The third kappa shape index (κ3) is 142. The first-order chi connectivity index (χ1) is 8.56. The Labute approximate surface area is 120 Å². The van der Waals surface area contributed by atoms with E-state index >= 15 is 0 Å². The van der Waals surface area contributed by atoms with Crippen LogP contribution in [0.3, 0.4) is 0 Å². The first-order valence-electron chi connectivity index (χ1n) is 7.20. The van der Waals surface area contributed by atoms with E-state index in [9.17, 15) is 0 Å². The summed E-state index contributed by atoms with van der Waals surface area (Å²) in [7, 11) is 1.00. The van der Waals surface area contributed by atoms with E-state index in [0.717, 1.165) is 14.0 Å². The molecule has 0 aromatic carbocycles. The zero-order valence-corrected chi connectivity index (χ0v) is 14.0. The molecule has 0 heterocycles. The summed E-state index contributed by atoms with van der Waals surface area (Å²) < 4.78 is 0. The smallest absolute Gasteiger partial charge is 0.300 e. The van der Waals surface area contributed by atoms with E-state index in [1.54, 1.807) is 0 Å². The minimum absolute atomic E-state index is 0. The molecule has 0 amide bonds. The van der Waals surface area contributed by atoms with Crippen LogP contribution in [0.5, 0.6) is 0 Å². The third-order valence-corrected chi connectivity index (χ3v) is 1.91. The van der Waals surface area contributed by atoms with E-state index in [1.165, 1.54) is 51.4 Å². The van der Waals surface area contributed by atoms with Crippen LogP contribution >= 0.6 is 0 Å². The van der Waals surface area contributed by atoms with Crippen LogP contribution in [-0.2, 0) is 4.79 Å². The van der Waals surface area contributed by atoms with Crippen molar-refractivity contribution >= 4 is 5.97 Å². The van der Waals surface area contributed by atoms with E-state index in [-0.39, 0.29) is 5.48 Å². The zero-order chi connectivity index (χ0) is 15.2. The molecule has 4 heteroatoms. The van der Waals surface area contributed by atoms with Crippen LogP contribution < -0.4 is 0 Å². The number of rotatable bonds is 6. The average Bonchev–Trinajstić information content (AvgIpc) is 2.36. The summed E-state index contributed by atoms with van der Waals surface area (Å²) in [4.78, 5) is 9.00. The van der Waals surface area contributed by atoms with Crippen LogP contribution in [0.2, 0.25) is 0 Å². The molecule has 0 aromatic heterocycles. The minimum atomic E-state index is -0.833. The van der Waals surface area contributed by atoms with E-state index in [4.69, 9.17) is 15.0 Å². The van der Waals surface area contributed by atoms with Crippen LogP contribution in [0.1, 0.15) is 86.0 Å². The fraction of sp³-hybridized carbons (Fsp3) is 0.933. The Bertz CT molecular complexity index is 96.7. The summed E-state index contributed by atoms with van der Waals surface area (Å²) in [6.45, 7) is 10.0. The molecular weight excluding hydrogens is 244 g/mol. The molecule has 0 aliphatic heterocycles. The van der Waals surface area contributed by atoms with Gasteiger partial charge in [0.2, 0.25) is 0 Å². The molecule has 0 saturated heterocycles. The van der Waals surface area contributed by atoms with Crippen molar-refractivity contribution in [3.05, 3.63) is 0 Å². The van der Waals surface area contributed by atoms with Crippen molar-refractivity contribution in [2.24, 2.45) is 0 Å². The van der Waals surface area contributed by atoms with Crippen LogP contribution in [-0.4, -0.2) is 28.8 Å². The second kappa shape index (κ2) is 43.3. The van der Waals surface area contributed by atoms with Gasteiger partial charge in [0.25, 0.3) is 5.97 Å². The summed E-state index contributed by atoms with van der Waals surface area (Å²) in [6.07, 6.45) is 11.1. The molecule has 0 saturated carbocycles. The highest BCUT2D eigenvalue weighted by Crippen LogP contribution is 1.95. The van der Waals surface area contributed by atoms with E-state index in [0.29, 0.717) is 0 Å². The molecule has 0 fully saturated rings. The lowest BCUT2D eigenvalue weighted by atomic mass is 10.2. The van der Waals surface area contributed by atoms with Gasteiger partial charge in [0.05, 0.1) is 0 Å². The van der Waals surface area contributed by atoms with Crippen molar-refractivity contribution in [2.75, 3.05) is 7.11 Å². The molecule has 0 unspecified atom stereocenters. The lowest BCUT2D eigenvalue weighted by Gasteiger charge is -1.86. The van der Waals surface area contributed by atoms with Gasteiger partial charge in [0.1, 0.15) is 0 Å². The number of aliphatic hydroxyl groups is 1. The third-order valence-electron chi connectivity index (χ3n) is 1.91. The van der Waals surface area contributed by atoms with E-state index in [2.05, 4.69) is 27.7 Å². The zero-order valence-electron chi connectivity index (χ0n) is 14.0. The Morgan fingerprint density at radius 3 is 0.895 bits per heavy atom. The van der Waals surface area contributed by atoms with Gasteiger partial charge in [-0.05, 0) is 0 Å². The number of hydrogen-bond donors (Lipinski definition) is 2.